The number of aryl methyl sites for hydroxylation is 1. The van der Waals surface area contributed by atoms with Crippen LogP contribution in [-0.4, -0.2) is 19.2 Å². The van der Waals surface area contributed by atoms with Crippen molar-refractivity contribution in [2.45, 2.75) is 0 Å². The SMILES string of the molecule is Cn1c(=O)c2ccc(F)cc2n2nc(-c3ccnc(Cl)c3)cc12. The van der Waals surface area contributed by atoms with E-state index in [1.807, 2.05) is 0 Å². The third kappa shape index (κ3) is 2.10. The van der Waals surface area contributed by atoms with E-state index in [2.05, 4.69) is 10.1 Å². The largest absolute Gasteiger partial charge is 0.296 e. The first-order valence-corrected chi connectivity index (χ1v) is 7.22. The van der Waals surface area contributed by atoms with E-state index in [4.69, 9.17) is 11.6 Å². The van der Waals surface area contributed by atoms with Crippen LogP contribution in [0.1, 0.15) is 0 Å². The molecule has 0 amide bonds. The van der Waals surface area contributed by atoms with E-state index in [1.54, 1.807) is 36.0 Å². The second-order valence-corrected chi connectivity index (χ2v) is 5.58. The first kappa shape index (κ1) is 13.9. The summed E-state index contributed by atoms with van der Waals surface area (Å²) < 4.78 is 16.6. The minimum atomic E-state index is -0.420. The average molecular weight is 329 g/mol. The Morgan fingerprint density at radius 1 is 1.17 bits per heavy atom. The van der Waals surface area contributed by atoms with Crippen LogP contribution in [0.2, 0.25) is 5.15 Å². The summed E-state index contributed by atoms with van der Waals surface area (Å²) in [5.41, 5.74) is 2.18. The molecule has 0 spiro atoms. The Bertz CT molecular complexity index is 1130. The number of hydrogen-bond acceptors (Lipinski definition) is 3. The minimum absolute atomic E-state index is 0.202. The molecule has 0 aliphatic carbocycles. The molecule has 23 heavy (non-hydrogen) atoms. The van der Waals surface area contributed by atoms with Gasteiger partial charge in [0.2, 0.25) is 0 Å². The number of hydrogen-bond donors (Lipinski definition) is 0. The van der Waals surface area contributed by atoms with Crippen LogP contribution in [0.4, 0.5) is 4.39 Å². The summed E-state index contributed by atoms with van der Waals surface area (Å²) in [7, 11) is 1.66. The fourth-order valence-corrected chi connectivity index (χ4v) is 2.81. The quantitative estimate of drug-likeness (QED) is 0.505. The van der Waals surface area contributed by atoms with Gasteiger partial charge in [-0.25, -0.2) is 13.9 Å². The predicted molar refractivity (Wildman–Crippen MR) is 86.1 cm³/mol. The maximum atomic E-state index is 13.6. The highest BCUT2D eigenvalue weighted by molar-refractivity contribution is 6.29. The number of nitrogens with zero attached hydrogens (tertiary/aromatic N) is 4. The summed E-state index contributed by atoms with van der Waals surface area (Å²) in [6, 6.07) is 9.26. The molecule has 4 aromatic rings. The molecule has 0 bridgehead atoms. The maximum Gasteiger partial charge on any atom is 0.261 e. The van der Waals surface area contributed by atoms with Gasteiger partial charge in [0.05, 0.1) is 16.6 Å². The van der Waals surface area contributed by atoms with Crippen molar-refractivity contribution < 1.29 is 4.39 Å². The molecule has 0 aliphatic rings. The van der Waals surface area contributed by atoms with E-state index in [0.717, 1.165) is 5.56 Å². The molecule has 1 aromatic carbocycles. The zero-order chi connectivity index (χ0) is 16.1. The molecule has 3 heterocycles. The third-order valence-electron chi connectivity index (χ3n) is 3.78. The molecule has 0 saturated carbocycles. The van der Waals surface area contributed by atoms with Crippen LogP contribution in [0.15, 0.2) is 47.4 Å². The van der Waals surface area contributed by atoms with E-state index in [-0.39, 0.29) is 5.56 Å². The Morgan fingerprint density at radius 3 is 2.78 bits per heavy atom. The monoisotopic (exact) mass is 328 g/mol. The zero-order valence-electron chi connectivity index (χ0n) is 12.0. The molecule has 0 fully saturated rings. The van der Waals surface area contributed by atoms with Crippen molar-refractivity contribution in [1.82, 2.24) is 19.2 Å². The van der Waals surface area contributed by atoms with Crippen molar-refractivity contribution in [3.63, 3.8) is 0 Å². The van der Waals surface area contributed by atoms with Crippen LogP contribution in [0.5, 0.6) is 0 Å². The highest BCUT2D eigenvalue weighted by Gasteiger charge is 2.13. The van der Waals surface area contributed by atoms with Crippen LogP contribution in [0, 0.1) is 5.82 Å². The maximum absolute atomic E-state index is 13.6. The van der Waals surface area contributed by atoms with Gasteiger partial charge in [-0.3, -0.25) is 9.36 Å². The van der Waals surface area contributed by atoms with Gasteiger partial charge in [0.15, 0.2) is 0 Å². The number of pyridine rings is 1. The van der Waals surface area contributed by atoms with Gasteiger partial charge in [0.1, 0.15) is 16.6 Å². The lowest BCUT2D eigenvalue weighted by molar-refractivity contribution is 0.628. The molecule has 7 heteroatoms. The lowest BCUT2D eigenvalue weighted by atomic mass is 10.2. The molecular weight excluding hydrogens is 319 g/mol. The van der Waals surface area contributed by atoms with Crippen LogP contribution in [0.25, 0.3) is 27.8 Å². The molecule has 0 saturated heterocycles. The van der Waals surface area contributed by atoms with Gasteiger partial charge >= 0.3 is 0 Å². The Kier molecular flexibility index (Phi) is 2.96. The van der Waals surface area contributed by atoms with Crippen LogP contribution >= 0.6 is 11.6 Å². The highest BCUT2D eigenvalue weighted by Crippen LogP contribution is 2.23. The van der Waals surface area contributed by atoms with Crippen molar-refractivity contribution in [2.24, 2.45) is 7.05 Å². The van der Waals surface area contributed by atoms with E-state index >= 15 is 0 Å². The summed E-state index contributed by atoms with van der Waals surface area (Å²) in [4.78, 5) is 16.4. The topological polar surface area (TPSA) is 52.2 Å². The van der Waals surface area contributed by atoms with Crippen molar-refractivity contribution in [3.8, 4) is 11.3 Å². The number of halogens is 2. The smallest absolute Gasteiger partial charge is 0.261 e. The number of aromatic nitrogens is 4. The van der Waals surface area contributed by atoms with E-state index in [0.29, 0.717) is 27.4 Å². The first-order chi connectivity index (χ1) is 11.0. The van der Waals surface area contributed by atoms with E-state index < -0.39 is 5.82 Å². The van der Waals surface area contributed by atoms with Gasteiger partial charge in [-0.2, -0.15) is 5.10 Å². The molecule has 0 unspecified atom stereocenters. The Hall–Kier alpha value is -2.73. The standard InChI is InChI=1S/C16H10ClFN4O/c1-21-15-8-12(9-4-5-19-14(17)6-9)20-22(15)13-7-10(18)2-3-11(13)16(21)23/h2-8H,1H3. The molecule has 0 radical (unpaired) electrons. The Morgan fingerprint density at radius 2 is 2.00 bits per heavy atom. The van der Waals surface area contributed by atoms with Gasteiger partial charge in [0, 0.05) is 30.9 Å². The average Bonchev–Trinajstić information content (AvgIpc) is 2.98. The Balaban J connectivity index is 2.12. The van der Waals surface area contributed by atoms with Gasteiger partial charge in [-0.05, 0) is 24.3 Å². The number of fused-ring (bicyclic) bond motifs is 3. The van der Waals surface area contributed by atoms with Crippen LogP contribution in [-0.2, 0) is 7.05 Å². The summed E-state index contributed by atoms with van der Waals surface area (Å²) in [6.45, 7) is 0. The predicted octanol–water partition coefficient (Wildman–Crippen LogP) is 3.04. The molecule has 4 rings (SSSR count). The fourth-order valence-electron chi connectivity index (χ4n) is 2.64. The van der Waals surface area contributed by atoms with Crippen molar-refractivity contribution in [1.29, 1.82) is 0 Å². The van der Waals surface area contributed by atoms with Gasteiger partial charge in [-0.15, -0.1) is 0 Å². The molecule has 5 nitrogen and oxygen atoms in total. The van der Waals surface area contributed by atoms with Crippen LogP contribution in [0.3, 0.4) is 0 Å². The molecule has 0 N–H and O–H groups in total. The minimum Gasteiger partial charge on any atom is -0.296 e. The molecule has 3 aromatic heterocycles. The molecule has 114 valence electrons. The van der Waals surface area contributed by atoms with E-state index in [9.17, 15) is 9.18 Å². The fraction of sp³-hybridized carbons (Fsp3) is 0.0625. The van der Waals surface area contributed by atoms with Crippen LogP contribution < -0.4 is 5.56 Å². The second-order valence-electron chi connectivity index (χ2n) is 5.19. The van der Waals surface area contributed by atoms with Crippen molar-refractivity contribution in [3.05, 3.63) is 63.9 Å². The van der Waals surface area contributed by atoms with Gasteiger partial charge in [0.25, 0.3) is 5.56 Å². The molecule has 0 atom stereocenters. The second kappa shape index (κ2) is 4.89. The number of rotatable bonds is 1. The Labute approximate surface area is 134 Å². The summed E-state index contributed by atoms with van der Waals surface area (Å²) in [6.07, 6.45) is 1.58. The normalized spacial score (nSPS) is 11.4. The zero-order valence-corrected chi connectivity index (χ0v) is 12.8. The summed E-state index contributed by atoms with van der Waals surface area (Å²) in [5.74, 6) is -0.420. The van der Waals surface area contributed by atoms with Crippen molar-refractivity contribution >= 4 is 28.2 Å². The van der Waals surface area contributed by atoms with Crippen molar-refractivity contribution in [2.75, 3.05) is 0 Å². The number of benzene rings is 1. The molecule has 0 aliphatic heterocycles. The first-order valence-electron chi connectivity index (χ1n) is 6.84. The third-order valence-corrected chi connectivity index (χ3v) is 3.99. The van der Waals surface area contributed by atoms with Gasteiger partial charge in [-0.1, -0.05) is 11.6 Å². The molecular formula is C16H10ClFN4O. The van der Waals surface area contributed by atoms with Gasteiger partial charge < -0.3 is 0 Å². The summed E-state index contributed by atoms with van der Waals surface area (Å²) in [5, 5.41) is 5.26. The van der Waals surface area contributed by atoms with E-state index in [1.165, 1.54) is 22.8 Å². The summed E-state index contributed by atoms with van der Waals surface area (Å²) >= 11 is 5.92. The lowest BCUT2D eigenvalue weighted by Crippen LogP contribution is -2.19. The highest BCUT2D eigenvalue weighted by atomic mass is 35.5. The lowest BCUT2D eigenvalue weighted by Gasteiger charge is -2.05.